The van der Waals surface area contributed by atoms with Gasteiger partial charge in [-0.15, -0.1) is 0 Å². The van der Waals surface area contributed by atoms with Gasteiger partial charge >= 0.3 is 36.3 Å². The Balaban J connectivity index is 3.20. The van der Waals surface area contributed by atoms with E-state index in [2.05, 4.69) is 25.5 Å². The van der Waals surface area contributed by atoms with Crippen molar-refractivity contribution in [2.75, 3.05) is 0 Å². The normalized spacial score (nSPS) is 6.40. The number of primary amides is 1. The minimum absolute atomic E-state index is 0.676. The Kier molecular flexibility index (Phi) is 1.97. The topological polar surface area (TPSA) is 55.5 Å². The number of rotatable bonds is 0. The average molecular weight is 137 g/mol. The van der Waals surface area contributed by atoms with Gasteiger partial charge in [0.1, 0.15) is 0 Å². The number of carbonyl (C=O) groups excluding carboxylic acids is 1. The standard InChI is InChI=1S/CH2N2OSe/c2-1(4)3-5/h(H2,2,4). The summed E-state index contributed by atoms with van der Waals surface area (Å²) in [5, 5.41) is 0. The number of nitrogens with two attached hydrogens (primary N) is 1. The fourth-order valence-electron chi connectivity index (χ4n) is 0. The molecule has 0 spiro atoms. The second-order valence-electron chi connectivity index (χ2n) is 0.430. The van der Waals surface area contributed by atoms with E-state index in [0.717, 1.165) is 0 Å². The number of urea groups is 1. The van der Waals surface area contributed by atoms with Crippen LogP contribution in [0.1, 0.15) is 0 Å². The van der Waals surface area contributed by atoms with E-state index in [0.29, 0.717) is 0 Å². The molecular formula is CH2N2OSe. The van der Waals surface area contributed by atoms with Gasteiger partial charge in [-0.1, -0.05) is 0 Å². The van der Waals surface area contributed by atoms with Crippen molar-refractivity contribution in [2.24, 2.45) is 9.70 Å². The van der Waals surface area contributed by atoms with Crippen molar-refractivity contribution in [2.45, 2.75) is 0 Å². The SMILES string of the molecule is NC(=O)N=[Se]. The second-order valence-corrected chi connectivity index (χ2v) is 0.813. The third kappa shape index (κ3) is 3.79. The Hall–Kier alpha value is -0.211. The summed E-state index contributed by atoms with van der Waals surface area (Å²) in [7, 11) is 0. The van der Waals surface area contributed by atoms with Crippen LogP contribution in [0.4, 0.5) is 4.79 Å². The van der Waals surface area contributed by atoms with Gasteiger partial charge in [-0.2, -0.15) is 0 Å². The third-order valence-electron chi connectivity index (χ3n) is 0.0900. The molecule has 0 aliphatic rings. The molecule has 0 fully saturated rings. The summed E-state index contributed by atoms with van der Waals surface area (Å²) in [5.41, 5.74) is 4.45. The van der Waals surface area contributed by atoms with E-state index in [4.69, 9.17) is 0 Å². The van der Waals surface area contributed by atoms with Gasteiger partial charge in [0.25, 0.3) is 0 Å². The van der Waals surface area contributed by atoms with Crippen LogP contribution < -0.4 is 5.73 Å². The van der Waals surface area contributed by atoms with Gasteiger partial charge < -0.3 is 0 Å². The molecule has 0 heterocycles. The zero-order chi connectivity index (χ0) is 4.28. The molecule has 2 N–H and O–H groups in total. The zero-order valence-electron chi connectivity index (χ0n) is 2.34. The van der Waals surface area contributed by atoms with Crippen LogP contribution >= 0.6 is 0 Å². The maximum absolute atomic E-state index is 9.39. The third-order valence-corrected chi connectivity index (χ3v) is 0.468. The van der Waals surface area contributed by atoms with E-state index in [1.807, 2.05) is 0 Å². The van der Waals surface area contributed by atoms with Crippen LogP contribution in [0.25, 0.3) is 0 Å². The van der Waals surface area contributed by atoms with Crippen molar-refractivity contribution in [1.29, 1.82) is 0 Å². The van der Waals surface area contributed by atoms with Gasteiger partial charge in [0.15, 0.2) is 0 Å². The monoisotopic (exact) mass is 138 g/mol. The van der Waals surface area contributed by atoms with Crippen molar-refractivity contribution in [3.8, 4) is 0 Å². The number of amides is 2. The summed E-state index contributed by atoms with van der Waals surface area (Å²) in [4.78, 5) is 9.39. The summed E-state index contributed by atoms with van der Waals surface area (Å²) in [5.74, 6) is 0. The van der Waals surface area contributed by atoms with Crippen LogP contribution in [0, 0.1) is 0 Å². The maximum atomic E-state index is 9.39. The second kappa shape index (κ2) is 2.05. The van der Waals surface area contributed by atoms with Crippen molar-refractivity contribution in [1.82, 2.24) is 0 Å². The van der Waals surface area contributed by atoms with Gasteiger partial charge in [-0.05, 0) is 0 Å². The minimum atomic E-state index is -0.676. The molecule has 0 aliphatic heterocycles. The van der Waals surface area contributed by atoms with E-state index in [-0.39, 0.29) is 0 Å². The predicted octanol–water partition coefficient (Wildman–Crippen LogP) is -0.583. The molecule has 0 rings (SSSR count). The van der Waals surface area contributed by atoms with Crippen LogP contribution in [0.5, 0.6) is 0 Å². The van der Waals surface area contributed by atoms with Crippen LogP contribution in [-0.4, -0.2) is 21.8 Å². The molecule has 0 aromatic rings. The first-order valence-corrected chi connectivity index (χ1v) is 1.67. The zero-order valence-corrected chi connectivity index (χ0v) is 4.05. The predicted molar refractivity (Wildman–Crippen MR) is 17.8 cm³/mol. The van der Waals surface area contributed by atoms with Crippen molar-refractivity contribution < 1.29 is 4.79 Å². The van der Waals surface area contributed by atoms with Crippen molar-refractivity contribution >= 4 is 21.8 Å². The molecule has 28 valence electrons. The molecule has 2 amide bonds. The molecule has 4 heteroatoms. The molecular weight excluding hydrogens is 135 g/mol. The van der Waals surface area contributed by atoms with E-state index in [9.17, 15) is 4.79 Å². The van der Waals surface area contributed by atoms with Gasteiger partial charge in [-0.3, -0.25) is 0 Å². The first-order valence-electron chi connectivity index (χ1n) is 0.899. The quantitative estimate of drug-likeness (QED) is 0.446. The van der Waals surface area contributed by atoms with Gasteiger partial charge in [0.05, 0.1) is 0 Å². The number of hydrogen-bond donors (Lipinski definition) is 1. The average Bonchev–Trinajstić information content (AvgIpc) is 1.38. The molecule has 0 aliphatic carbocycles. The number of hydrogen-bond acceptors (Lipinski definition) is 1. The van der Waals surface area contributed by atoms with Crippen LogP contribution in [-0.2, 0) is 0 Å². The summed E-state index contributed by atoms with van der Waals surface area (Å²) in [6.45, 7) is 0. The molecule has 0 atom stereocenters. The van der Waals surface area contributed by atoms with E-state index < -0.39 is 6.03 Å². The summed E-state index contributed by atoms with van der Waals surface area (Å²) in [6.07, 6.45) is 0. The van der Waals surface area contributed by atoms with E-state index in [1.54, 1.807) is 0 Å². The fraction of sp³-hybridized carbons (Fsp3) is 0. The van der Waals surface area contributed by atoms with Crippen molar-refractivity contribution in [3.05, 3.63) is 0 Å². The van der Waals surface area contributed by atoms with Crippen LogP contribution in [0.2, 0.25) is 0 Å². The van der Waals surface area contributed by atoms with Crippen LogP contribution in [0.3, 0.4) is 0 Å². The van der Waals surface area contributed by atoms with E-state index >= 15 is 0 Å². The number of nitrogens with zero attached hydrogens (tertiary/aromatic N) is 1. The molecule has 5 heavy (non-hydrogen) atoms. The number of carbonyl (C=O) groups is 1. The van der Waals surface area contributed by atoms with Gasteiger partial charge in [0, 0.05) is 0 Å². The van der Waals surface area contributed by atoms with E-state index in [1.165, 1.54) is 0 Å². The summed E-state index contributed by atoms with van der Waals surface area (Å²) in [6, 6.07) is -0.676. The molecule has 0 radical (unpaired) electrons. The molecule has 0 aromatic heterocycles. The molecule has 3 nitrogen and oxygen atoms in total. The van der Waals surface area contributed by atoms with Crippen molar-refractivity contribution in [3.63, 3.8) is 0 Å². The summed E-state index contributed by atoms with van der Waals surface area (Å²) < 4.78 is 2.90. The fourth-order valence-corrected chi connectivity index (χ4v) is 0. The molecule has 0 bridgehead atoms. The van der Waals surface area contributed by atoms with Gasteiger partial charge in [-0.25, -0.2) is 0 Å². The molecule has 0 unspecified atom stereocenters. The van der Waals surface area contributed by atoms with Gasteiger partial charge in [0.2, 0.25) is 0 Å². The Morgan fingerprint density at radius 1 is 2.00 bits per heavy atom. The first kappa shape index (κ1) is 4.79. The molecule has 0 saturated carbocycles. The van der Waals surface area contributed by atoms with Crippen LogP contribution in [0.15, 0.2) is 3.96 Å². The molecule has 0 aromatic carbocycles. The molecule has 0 saturated heterocycles. The summed E-state index contributed by atoms with van der Waals surface area (Å²) >= 11 is 2.09. The Bertz CT molecular complexity index is 60.7. The Morgan fingerprint density at radius 2 is 2.20 bits per heavy atom. The Labute approximate surface area is 37.2 Å². The Morgan fingerprint density at radius 3 is 2.20 bits per heavy atom. The first-order chi connectivity index (χ1) is 2.27.